The number of halogens is 1. The van der Waals surface area contributed by atoms with Crippen molar-refractivity contribution in [2.75, 3.05) is 25.9 Å². The second-order valence-corrected chi connectivity index (χ2v) is 5.46. The molecule has 0 radical (unpaired) electrons. The Hall–Kier alpha value is -0.930. The van der Waals surface area contributed by atoms with E-state index in [9.17, 15) is 0 Å². The van der Waals surface area contributed by atoms with Gasteiger partial charge in [-0.25, -0.2) is 0 Å². The highest BCUT2D eigenvalue weighted by molar-refractivity contribution is 6.33. The number of aryl methyl sites for hydroxylation is 1. The average molecular weight is 269 g/mol. The molecule has 1 unspecified atom stereocenters. The van der Waals surface area contributed by atoms with Crippen molar-refractivity contribution >= 4 is 17.3 Å². The van der Waals surface area contributed by atoms with Crippen molar-refractivity contribution in [2.45, 2.75) is 32.2 Å². The van der Waals surface area contributed by atoms with E-state index in [-0.39, 0.29) is 0 Å². The number of nitrogen functional groups attached to an aromatic ring is 1. The Morgan fingerprint density at radius 1 is 1.50 bits per heavy atom. The summed E-state index contributed by atoms with van der Waals surface area (Å²) in [7, 11) is 2.18. The molecule has 0 aromatic heterocycles. The maximum absolute atomic E-state index is 6.00. The third-order valence-electron chi connectivity index (χ3n) is 3.67. The van der Waals surface area contributed by atoms with E-state index < -0.39 is 0 Å². The summed E-state index contributed by atoms with van der Waals surface area (Å²) < 4.78 is 5.82. The largest absolute Gasteiger partial charge is 0.493 e. The summed E-state index contributed by atoms with van der Waals surface area (Å²) in [4.78, 5) is 2.41. The molecule has 1 aliphatic heterocycles. The third-order valence-corrected chi connectivity index (χ3v) is 4.00. The van der Waals surface area contributed by atoms with Crippen LogP contribution in [0, 0.1) is 6.92 Å². The first kappa shape index (κ1) is 13.5. The molecule has 0 bridgehead atoms. The van der Waals surface area contributed by atoms with Crippen molar-refractivity contribution in [2.24, 2.45) is 0 Å². The topological polar surface area (TPSA) is 38.5 Å². The van der Waals surface area contributed by atoms with Gasteiger partial charge in [0.25, 0.3) is 0 Å². The smallest absolute Gasteiger partial charge is 0.123 e. The van der Waals surface area contributed by atoms with Crippen LogP contribution in [0.25, 0.3) is 0 Å². The van der Waals surface area contributed by atoms with Gasteiger partial charge >= 0.3 is 0 Å². The van der Waals surface area contributed by atoms with Crippen molar-refractivity contribution in [3.63, 3.8) is 0 Å². The first-order valence-electron chi connectivity index (χ1n) is 6.46. The number of hydrogen-bond acceptors (Lipinski definition) is 3. The lowest BCUT2D eigenvalue weighted by Crippen LogP contribution is -2.26. The van der Waals surface area contributed by atoms with E-state index in [2.05, 4.69) is 11.9 Å². The fourth-order valence-corrected chi connectivity index (χ4v) is 2.64. The minimum Gasteiger partial charge on any atom is -0.493 e. The van der Waals surface area contributed by atoms with Gasteiger partial charge < -0.3 is 15.4 Å². The van der Waals surface area contributed by atoms with Gasteiger partial charge in [-0.05, 0) is 51.4 Å². The summed E-state index contributed by atoms with van der Waals surface area (Å²) in [6.07, 6.45) is 3.65. The Kier molecular flexibility index (Phi) is 4.36. The number of nitrogens with zero attached hydrogens (tertiary/aromatic N) is 1. The van der Waals surface area contributed by atoms with E-state index in [0.717, 1.165) is 24.3 Å². The first-order valence-corrected chi connectivity index (χ1v) is 6.84. The molecule has 4 heteroatoms. The van der Waals surface area contributed by atoms with Gasteiger partial charge in [0.2, 0.25) is 0 Å². The highest BCUT2D eigenvalue weighted by Crippen LogP contribution is 2.28. The standard InChI is InChI=1S/C14H21ClN2O/c1-10-8-13(16)12(15)9-14(10)18-7-5-11-4-3-6-17(11)2/h8-9,11H,3-7,16H2,1-2H3. The van der Waals surface area contributed by atoms with Gasteiger partial charge in [-0.2, -0.15) is 0 Å². The fraction of sp³-hybridized carbons (Fsp3) is 0.571. The molecular formula is C14H21ClN2O. The number of nitrogens with two attached hydrogens (primary N) is 1. The molecule has 2 N–H and O–H groups in total. The third kappa shape index (κ3) is 3.09. The molecule has 100 valence electrons. The highest BCUT2D eigenvalue weighted by atomic mass is 35.5. The lowest BCUT2D eigenvalue weighted by Gasteiger charge is -2.19. The minimum absolute atomic E-state index is 0.564. The Morgan fingerprint density at radius 3 is 2.94 bits per heavy atom. The quantitative estimate of drug-likeness (QED) is 0.853. The number of likely N-dealkylation sites (tertiary alicyclic amines) is 1. The lowest BCUT2D eigenvalue weighted by molar-refractivity contribution is 0.232. The molecule has 0 amide bonds. The second-order valence-electron chi connectivity index (χ2n) is 5.05. The molecular weight excluding hydrogens is 248 g/mol. The zero-order valence-electron chi connectivity index (χ0n) is 11.1. The molecule has 0 spiro atoms. The van der Waals surface area contributed by atoms with Gasteiger partial charge in [-0.15, -0.1) is 0 Å². The molecule has 1 aliphatic rings. The van der Waals surface area contributed by atoms with Gasteiger partial charge in [-0.3, -0.25) is 0 Å². The van der Waals surface area contributed by atoms with Gasteiger partial charge in [0, 0.05) is 12.1 Å². The van der Waals surface area contributed by atoms with Crippen molar-refractivity contribution in [3.05, 3.63) is 22.7 Å². The molecule has 3 nitrogen and oxygen atoms in total. The van der Waals surface area contributed by atoms with Gasteiger partial charge in [-0.1, -0.05) is 11.6 Å². The maximum atomic E-state index is 6.00. The van der Waals surface area contributed by atoms with Crippen LogP contribution in [-0.4, -0.2) is 31.1 Å². The van der Waals surface area contributed by atoms with Crippen LogP contribution in [0.2, 0.25) is 5.02 Å². The Labute approximate surface area is 114 Å². The molecule has 1 aromatic carbocycles. The van der Waals surface area contributed by atoms with Crippen molar-refractivity contribution in [1.29, 1.82) is 0 Å². The summed E-state index contributed by atoms with van der Waals surface area (Å²) in [6.45, 7) is 3.93. The van der Waals surface area contributed by atoms with Crippen LogP contribution in [0.1, 0.15) is 24.8 Å². The van der Waals surface area contributed by atoms with Crippen LogP contribution in [0.4, 0.5) is 5.69 Å². The van der Waals surface area contributed by atoms with Gasteiger partial charge in [0.15, 0.2) is 0 Å². The summed E-state index contributed by atoms with van der Waals surface area (Å²) in [6, 6.07) is 4.33. The predicted molar refractivity (Wildman–Crippen MR) is 76.4 cm³/mol. The maximum Gasteiger partial charge on any atom is 0.123 e. The van der Waals surface area contributed by atoms with Crippen molar-refractivity contribution < 1.29 is 4.74 Å². The van der Waals surface area contributed by atoms with Crippen molar-refractivity contribution in [1.82, 2.24) is 4.90 Å². The molecule has 0 aliphatic carbocycles. The second kappa shape index (κ2) is 5.81. The average Bonchev–Trinajstić information content (AvgIpc) is 2.72. The van der Waals surface area contributed by atoms with E-state index in [4.69, 9.17) is 22.1 Å². The number of anilines is 1. The van der Waals surface area contributed by atoms with Gasteiger partial charge in [0.1, 0.15) is 5.75 Å². The normalized spacial score (nSPS) is 20.3. The predicted octanol–water partition coefficient (Wildman–Crippen LogP) is 3.09. The van der Waals surface area contributed by atoms with Crippen LogP contribution >= 0.6 is 11.6 Å². The lowest BCUT2D eigenvalue weighted by atomic mass is 10.1. The van der Waals surface area contributed by atoms with Crippen LogP contribution in [-0.2, 0) is 0 Å². The van der Waals surface area contributed by atoms with Crippen LogP contribution < -0.4 is 10.5 Å². The van der Waals surface area contributed by atoms with E-state index >= 15 is 0 Å². The molecule has 1 fully saturated rings. The Morgan fingerprint density at radius 2 is 2.28 bits per heavy atom. The molecule has 0 saturated carbocycles. The monoisotopic (exact) mass is 268 g/mol. The fourth-order valence-electron chi connectivity index (χ4n) is 2.49. The molecule has 1 aromatic rings. The van der Waals surface area contributed by atoms with Crippen molar-refractivity contribution in [3.8, 4) is 5.75 Å². The molecule has 2 rings (SSSR count). The number of benzene rings is 1. The van der Waals surface area contributed by atoms with Crippen LogP contribution in [0.3, 0.4) is 0 Å². The highest BCUT2D eigenvalue weighted by Gasteiger charge is 2.20. The zero-order chi connectivity index (χ0) is 13.1. The SMILES string of the molecule is Cc1cc(N)c(Cl)cc1OCCC1CCCN1C. The van der Waals surface area contributed by atoms with E-state index in [1.165, 1.54) is 19.4 Å². The van der Waals surface area contributed by atoms with Gasteiger partial charge in [0.05, 0.1) is 17.3 Å². The summed E-state index contributed by atoms with van der Waals surface area (Å²) in [5.41, 5.74) is 7.39. The number of hydrogen-bond donors (Lipinski definition) is 1. The number of ether oxygens (including phenoxy) is 1. The molecule has 1 atom stereocenters. The van der Waals surface area contributed by atoms with E-state index in [0.29, 0.717) is 16.8 Å². The van der Waals surface area contributed by atoms with E-state index in [1.807, 2.05) is 19.1 Å². The Bertz CT molecular complexity index is 423. The Balaban J connectivity index is 1.88. The van der Waals surface area contributed by atoms with Crippen LogP contribution in [0.15, 0.2) is 12.1 Å². The zero-order valence-corrected chi connectivity index (χ0v) is 11.8. The molecule has 1 heterocycles. The minimum atomic E-state index is 0.564. The molecule has 18 heavy (non-hydrogen) atoms. The summed E-state index contributed by atoms with van der Waals surface area (Å²) >= 11 is 6.00. The summed E-state index contributed by atoms with van der Waals surface area (Å²) in [5.74, 6) is 0.842. The first-order chi connectivity index (χ1) is 8.58. The van der Waals surface area contributed by atoms with E-state index in [1.54, 1.807) is 0 Å². The number of rotatable bonds is 4. The molecule has 1 saturated heterocycles. The van der Waals surface area contributed by atoms with Crippen LogP contribution in [0.5, 0.6) is 5.75 Å². The summed E-state index contributed by atoms with van der Waals surface area (Å²) in [5, 5.41) is 0.564.